The zero-order valence-corrected chi connectivity index (χ0v) is 18.3. The summed E-state index contributed by atoms with van der Waals surface area (Å²) in [6.45, 7) is 8.78. The zero-order chi connectivity index (χ0) is 17.3. The van der Waals surface area contributed by atoms with Crippen molar-refractivity contribution < 1.29 is 4.79 Å². The van der Waals surface area contributed by atoms with E-state index in [0.29, 0.717) is 5.56 Å². The van der Waals surface area contributed by atoms with Crippen LogP contribution in [0.5, 0.6) is 0 Å². The third-order valence-corrected chi connectivity index (χ3v) is 20.0. The van der Waals surface area contributed by atoms with Crippen molar-refractivity contribution in [3.63, 3.8) is 0 Å². The van der Waals surface area contributed by atoms with E-state index >= 15 is 0 Å². The molecule has 1 rings (SSSR count). The van der Waals surface area contributed by atoms with E-state index in [0.717, 1.165) is 5.69 Å². The fourth-order valence-electron chi connectivity index (χ4n) is 3.42. The molecule has 1 heterocycles. The van der Waals surface area contributed by atoms with E-state index in [4.69, 9.17) is 10.7 Å². The molecule has 0 saturated carbocycles. The van der Waals surface area contributed by atoms with Crippen LogP contribution in [0.1, 0.15) is 75.3 Å². The van der Waals surface area contributed by atoms with E-state index in [9.17, 15) is 4.79 Å². The molecule has 0 aliphatic carbocycles. The van der Waals surface area contributed by atoms with Crippen molar-refractivity contribution in [2.24, 2.45) is 5.73 Å². The van der Waals surface area contributed by atoms with Gasteiger partial charge in [-0.2, -0.15) is 0 Å². The zero-order valence-electron chi connectivity index (χ0n) is 15.5. The molecular weight excluding hydrogens is 391 g/mol. The Morgan fingerprint density at radius 3 is 1.83 bits per heavy atom. The van der Waals surface area contributed by atoms with Gasteiger partial charge in [0, 0.05) is 0 Å². The number of pyridine rings is 1. The number of primary amides is 1. The molecule has 2 N–H and O–H groups in total. The van der Waals surface area contributed by atoms with E-state index in [1.807, 2.05) is 13.0 Å². The second kappa shape index (κ2) is 10.3. The van der Waals surface area contributed by atoms with Gasteiger partial charge in [0.2, 0.25) is 0 Å². The summed E-state index contributed by atoms with van der Waals surface area (Å²) >= 11 is -2.48. The number of aryl methyl sites for hydroxylation is 1. The molecule has 0 saturated heterocycles. The predicted molar refractivity (Wildman–Crippen MR) is 102 cm³/mol. The topological polar surface area (TPSA) is 56.0 Å². The van der Waals surface area contributed by atoms with E-state index < -0.39 is 18.4 Å². The molecule has 1 aromatic heterocycles. The van der Waals surface area contributed by atoms with Gasteiger partial charge in [-0.3, -0.25) is 0 Å². The summed E-state index contributed by atoms with van der Waals surface area (Å²) in [5.74, 6) is -0.363. The Balaban J connectivity index is 3.22. The van der Waals surface area contributed by atoms with Crippen LogP contribution in [0.3, 0.4) is 0 Å². The molecule has 130 valence electrons. The van der Waals surface area contributed by atoms with Gasteiger partial charge < -0.3 is 0 Å². The van der Waals surface area contributed by atoms with Gasteiger partial charge in [-0.1, -0.05) is 0 Å². The van der Waals surface area contributed by atoms with E-state index in [1.54, 1.807) is 0 Å². The number of carbonyl (C=O) groups excluding carboxylic acids is 1. The van der Waals surface area contributed by atoms with Gasteiger partial charge in [-0.25, -0.2) is 0 Å². The van der Waals surface area contributed by atoms with Crippen molar-refractivity contribution in [3.8, 4) is 0 Å². The van der Waals surface area contributed by atoms with Gasteiger partial charge in [0.25, 0.3) is 0 Å². The Kier molecular flexibility index (Phi) is 9.18. The summed E-state index contributed by atoms with van der Waals surface area (Å²) in [5, 5.41) is 0. The van der Waals surface area contributed by atoms with Crippen molar-refractivity contribution in [1.29, 1.82) is 0 Å². The summed E-state index contributed by atoms with van der Waals surface area (Å²) in [6.07, 6.45) is 7.74. The molecular formula is C19H34N2OSn. The third-order valence-electron chi connectivity index (χ3n) is 4.92. The van der Waals surface area contributed by atoms with Gasteiger partial charge >= 0.3 is 146 Å². The van der Waals surface area contributed by atoms with Gasteiger partial charge in [-0.05, 0) is 0 Å². The summed E-state index contributed by atoms with van der Waals surface area (Å²) < 4.78 is 5.56. The number of unbranched alkanes of at least 4 members (excludes halogenated alkanes) is 3. The summed E-state index contributed by atoms with van der Waals surface area (Å²) in [7, 11) is 0. The quantitative estimate of drug-likeness (QED) is 0.530. The van der Waals surface area contributed by atoms with Crippen LogP contribution >= 0.6 is 0 Å². The first kappa shape index (κ1) is 20.5. The molecule has 0 atom stereocenters. The molecule has 0 aromatic carbocycles. The molecule has 0 bridgehead atoms. The van der Waals surface area contributed by atoms with Crippen LogP contribution in [0.2, 0.25) is 13.3 Å². The van der Waals surface area contributed by atoms with Gasteiger partial charge in [0.05, 0.1) is 0 Å². The number of hydrogen-bond donors (Lipinski definition) is 1. The van der Waals surface area contributed by atoms with Crippen molar-refractivity contribution in [3.05, 3.63) is 23.4 Å². The maximum absolute atomic E-state index is 11.5. The Bertz CT molecular complexity index is 480. The molecule has 1 aromatic rings. The van der Waals surface area contributed by atoms with E-state index in [-0.39, 0.29) is 5.91 Å². The second-order valence-electron chi connectivity index (χ2n) is 6.78. The second-order valence-corrected chi connectivity index (χ2v) is 19.8. The molecule has 3 nitrogen and oxygen atoms in total. The molecule has 0 aliphatic rings. The van der Waals surface area contributed by atoms with Crippen LogP contribution in [-0.2, 0) is 0 Å². The van der Waals surface area contributed by atoms with Crippen LogP contribution < -0.4 is 9.44 Å². The van der Waals surface area contributed by atoms with E-state index in [2.05, 4.69) is 26.8 Å². The first-order valence-corrected chi connectivity index (χ1v) is 16.8. The molecule has 0 unspecified atom stereocenters. The van der Waals surface area contributed by atoms with Crippen LogP contribution in [-0.4, -0.2) is 29.3 Å². The van der Waals surface area contributed by atoms with Crippen molar-refractivity contribution in [2.45, 2.75) is 79.5 Å². The summed E-state index contributed by atoms with van der Waals surface area (Å²) in [6, 6.07) is 4.07. The van der Waals surface area contributed by atoms with Crippen LogP contribution in [0.25, 0.3) is 0 Å². The Labute approximate surface area is 146 Å². The number of amides is 1. The average molecular weight is 425 g/mol. The first-order chi connectivity index (χ1) is 11.0. The Morgan fingerprint density at radius 1 is 1.00 bits per heavy atom. The summed E-state index contributed by atoms with van der Waals surface area (Å²) in [5.41, 5.74) is 6.85. The number of aromatic nitrogens is 1. The molecule has 23 heavy (non-hydrogen) atoms. The monoisotopic (exact) mass is 426 g/mol. The van der Waals surface area contributed by atoms with Crippen molar-refractivity contribution in [1.82, 2.24) is 4.98 Å². The van der Waals surface area contributed by atoms with E-state index in [1.165, 1.54) is 55.5 Å². The Hall–Kier alpha value is -0.581. The standard InChI is InChI=1S/C7H7N2O.3C4H9.Sn/c1-5-6(7(8)10)3-2-4-9-5;3*1-3-4-2;/h2-3H,1H3,(H2,8,10);3*1,3-4H2,2H3;. The summed E-state index contributed by atoms with van der Waals surface area (Å²) in [4.78, 5) is 16.4. The normalized spacial score (nSPS) is 11.7. The van der Waals surface area contributed by atoms with Crippen LogP contribution in [0.4, 0.5) is 0 Å². The molecule has 0 aliphatic heterocycles. The number of carbonyl (C=O) groups is 1. The SMILES string of the molecule is CCC[CH2][Sn]([CH2]CCC)([CH2]CCC)[c]1ccc(C(N)=O)c(C)n1. The average Bonchev–Trinajstić information content (AvgIpc) is 2.54. The fraction of sp³-hybridized carbons (Fsp3) is 0.684. The van der Waals surface area contributed by atoms with Gasteiger partial charge in [-0.15, -0.1) is 0 Å². The minimum absolute atomic E-state index is 0.363. The molecule has 0 fully saturated rings. The van der Waals surface area contributed by atoms with Crippen LogP contribution in [0, 0.1) is 6.92 Å². The first-order valence-electron chi connectivity index (χ1n) is 9.28. The van der Waals surface area contributed by atoms with Gasteiger partial charge in [0.15, 0.2) is 0 Å². The minimum atomic E-state index is -2.48. The number of nitrogens with two attached hydrogens (primary N) is 1. The van der Waals surface area contributed by atoms with Gasteiger partial charge in [0.1, 0.15) is 0 Å². The Morgan fingerprint density at radius 2 is 1.48 bits per heavy atom. The fourth-order valence-corrected chi connectivity index (χ4v) is 19.0. The predicted octanol–water partition coefficient (Wildman–Crippen LogP) is 4.55. The van der Waals surface area contributed by atoms with Crippen LogP contribution in [0.15, 0.2) is 12.1 Å². The number of rotatable bonds is 11. The maximum atomic E-state index is 11.5. The number of nitrogens with zero attached hydrogens (tertiary/aromatic N) is 1. The molecule has 1 amide bonds. The van der Waals surface area contributed by atoms with Crippen molar-refractivity contribution in [2.75, 3.05) is 0 Å². The molecule has 4 heteroatoms. The molecule has 0 radical (unpaired) electrons. The molecule has 0 spiro atoms. The third kappa shape index (κ3) is 5.77. The van der Waals surface area contributed by atoms with Crippen molar-refractivity contribution >= 4 is 28.0 Å². The number of hydrogen-bond acceptors (Lipinski definition) is 2.